The van der Waals surface area contributed by atoms with Crippen LogP contribution in [0, 0.1) is 13.8 Å². The van der Waals surface area contributed by atoms with Crippen LogP contribution in [0.15, 0.2) is 59.0 Å². The molecular formula is C32H42N4O5. The molecule has 0 saturated carbocycles. The van der Waals surface area contributed by atoms with Gasteiger partial charge in [0.15, 0.2) is 11.5 Å². The molecule has 3 aromatic rings. The average Bonchev–Trinajstić information content (AvgIpc) is 3.65. The van der Waals surface area contributed by atoms with Crippen LogP contribution in [0.4, 0.5) is 10.5 Å². The lowest BCUT2D eigenvalue weighted by Gasteiger charge is -2.29. The van der Waals surface area contributed by atoms with Gasteiger partial charge < -0.3 is 33.9 Å². The summed E-state index contributed by atoms with van der Waals surface area (Å²) in [7, 11) is 3.21. The summed E-state index contributed by atoms with van der Waals surface area (Å²) in [5.74, 6) is 2.65. The molecule has 4 rings (SSSR count). The van der Waals surface area contributed by atoms with Crippen molar-refractivity contribution in [2.45, 2.75) is 39.7 Å². The molecule has 0 aliphatic carbocycles. The van der Waals surface area contributed by atoms with Crippen molar-refractivity contribution in [1.82, 2.24) is 14.7 Å². The monoisotopic (exact) mass is 562 g/mol. The van der Waals surface area contributed by atoms with Gasteiger partial charge in [-0.1, -0.05) is 23.8 Å². The Morgan fingerprint density at radius 2 is 1.63 bits per heavy atom. The van der Waals surface area contributed by atoms with Crippen LogP contribution in [0.2, 0.25) is 0 Å². The molecule has 1 fully saturated rings. The summed E-state index contributed by atoms with van der Waals surface area (Å²) in [6.07, 6.45) is 2.94. The fourth-order valence-electron chi connectivity index (χ4n) is 4.97. The van der Waals surface area contributed by atoms with E-state index in [1.807, 2.05) is 68.4 Å². The highest BCUT2D eigenvalue weighted by Crippen LogP contribution is 2.28. The van der Waals surface area contributed by atoms with Crippen LogP contribution in [0.25, 0.3) is 0 Å². The lowest BCUT2D eigenvalue weighted by Crippen LogP contribution is -2.47. The Kier molecular flexibility index (Phi) is 10.7. The number of ether oxygens (including phenoxy) is 2. The smallest absolute Gasteiger partial charge is 0.322 e. The Balaban J connectivity index is 1.49. The summed E-state index contributed by atoms with van der Waals surface area (Å²) in [5, 5.41) is 2.98. The van der Waals surface area contributed by atoms with Crippen molar-refractivity contribution in [2.24, 2.45) is 0 Å². The molecule has 0 atom stereocenters. The Hall–Kier alpha value is -3.98. The average molecular weight is 563 g/mol. The molecule has 2 aromatic carbocycles. The molecule has 0 spiro atoms. The molecule has 3 amide bonds. The number of carbonyl (C=O) groups is 2. The van der Waals surface area contributed by atoms with Gasteiger partial charge in [-0.25, -0.2) is 4.79 Å². The van der Waals surface area contributed by atoms with Crippen molar-refractivity contribution in [3.63, 3.8) is 0 Å². The number of carbonyl (C=O) groups excluding carboxylic acids is 2. The lowest BCUT2D eigenvalue weighted by atomic mass is 10.1. The van der Waals surface area contributed by atoms with Crippen molar-refractivity contribution in [1.29, 1.82) is 0 Å². The molecule has 1 saturated heterocycles. The first-order valence-corrected chi connectivity index (χ1v) is 14.2. The number of nitrogens with zero attached hydrogens (tertiary/aromatic N) is 3. The van der Waals surface area contributed by atoms with Crippen LogP contribution in [0.5, 0.6) is 11.5 Å². The number of hydrogen-bond donors (Lipinski definition) is 1. The van der Waals surface area contributed by atoms with Gasteiger partial charge in [-0.15, -0.1) is 0 Å². The Bertz CT molecular complexity index is 1280. The molecule has 1 aliphatic rings. The number of furan rings is 1. The number of rotatable bonds is 13. The van der Waals surface area contributed by atoms with Crippen molar-refractivity contribution >= 4 is 17.6 Å². The number of benzene rings is 2. The second-order valence-electron chi connectivity index (χ2n) is 10.5. The molecule has 1 N–H and O–H groups in total. The lowest BCUT2D eigenvalue weighted by molar-refractivity contribution is -0.132. The van der Waals surface area contributed by atoms with Gasteiger partial charge in [-0.2, -0.15) is 0 Å². The van der Waals surface area contributed by atoms with Crippen LogP contribution < -0.4 is 14.8 Å². The van der Waals surface area contributed by atoms with Gasteiger partial charge in [-0.3, -0.25) is 4.79 Å². The molecule has 220 valence electrons. The molecule has 0 radical (unpaired) electrons. The quantitative estimate of drug-likeness (QED) is 0.311. The molecule has 41 heavy (non-hydrogen) atoms. The van der Waals surface area contributed by atoms with Crippen molar-refractivity contribution in [2.75, 3.05) is 58.8 Å². The molecule has 1 aromatic heterocycles. The molecule has 9 heteroatoms. The summed E-state index contributed by atoms with van der Waals surface area (Å²) in [5.41, 5.74) is 2.83. The SMILES string of the molecule is COc1ccc(CCN(Cc2ccc(C)o2)C(=O)CN(CCN2CCCC2)C(=O)Nc2ccc(C)cc2)cc1OC. The summed E-state index contributed by atoms with van der Waals surface area (Å²) in [6, 6.07) is 16.9. The van der Waals surface area contributed by atoms with Crippen molar-refractivity contribution < 1.29 is 23.5 Å². The van der Waals surface area contributed by atoms with Gasteiger partial charge in [0.25, 0.3) is 0 Å². The second-order valence-corrected chi connectivity index (χ2v) is 10.5. The van der Waals surface area contributed by atoms with Crippen LogP contribution in [0.3, 0.4) is 0 Å². The van der Waals surface area contributed by atoms with E-state index in [1.54, 1.807) is 24.0 Å². The van der Waals surface area contributed by atoms with Gasteiger partial charge in [0.1, 0.15) is 18.1 Å². The number of anilines is 1. The molecular weight excluding hydrogens is 520 g/mol. The number of urea groups is 1. The third-order valence-corrected chi connectivity index (χ3v) is 7.41. The number of hydrogen-bond acceptors (Lipinski definition) is 6. The molecule has 2 heterocycles. The van der Waals surface area contributed by atoms with Crippen molar-refractivity contribution in [3.8, 4) is 11.5 Å². The van der Waals surface area contributed by atoms with E-state index < -0.39 is 0 Å². The number of amides is 3. The highest BCUT2D eigenvalue weighted by atomic mass is 16.5. The number of nitrogens with one attached hydrogen (secondary N) is 1. The fraction of sp³-hybridized carbons (Fsp3) is 0.438. The molecule has 0 unspecified atom stereocenters. The second kappa shape index (κ2) is 14.6. The minimum atomic E-state index is -0.282. The zero-order valence-electron chi connectivity index (χ0n) is 24.7. The summed E-state index contributed by atoms with van der Waals surface area (Å²) < 4.78 is 16.6. The highest BCUT2D eigenvalue weighted by molar-refractivity contribution is 5.92. The van der Waals surface area contributed by atoms with E-state index in [9.17, 15) is 9.59 Å². The maximum atomic E-state index is 13.8. The number of aryl methyl sites for hydroxylation is 2. The van der Waals surface area contributed by atoms with E-state index in [4.69, 9.17) is 13.9 Å². The third-order valence-electron chi connectivity index (χ3n) is 7.41. The van der Waals surface area contributed by atoms with E-state index in [-0.39, 0.29) is 18.5 Å². The van der Waals surface area contributed by atoms with E-state index in [0.29, 0.717) is 49.0 Å². The van der Waals surface area contributed by atoms with Crippen LogP contribution in [-0.2, 0) is 17.8 Å². The molecule has 0 bridgehead atoms. The Morgan fingerprint density at radius 3 is 2.29 bits per heavy atom. The van der Waals surface area contributed by atoms with Gasteiger partial charge in [0.2, 0.25) is 5.91 Å². The maximum Gasteiger partial charge on any atom is 0.322 e. The van der Waals surface area contributed by atoms with Crippen molar-refractivity contribution in [3.05, 3.63) is 77.2 Å². The zero-order valence-corrected chi connectivity index (χ0v) is 24.7. The third kappa shape index (κ3) is 8.75. The minimum absolute atomic E-state index is 0.0306. The van der Waals surface area contributed by atoms with Crippen LogP contribution in [0.1, 0.15) is 35.5 Å². The first kappa shape index (κ1) is 30.0. The summed E-state index contributed by atoms with van der Waals surface area (Å²) >= 11 is 0. The molecule has 1 aliphatic heterocycles. The van der Waals surface area contributed by atoms with Gasteiger partial charge in [-0.05, 0) is 88.2 Å². The standard InChI is InChI=1S/C32H42N4O5/c1-24-7-11-27(12-8-24)33-32(38)36(20-19-34-16-5-6-17-34)23-31(37)35(22-28-13-9-25(2)41-28)18-15-26-10-14-29(39-3)30(21-26)40-4/h7-14,21H,5-6,15-20,22-23H2,1-4H3,(H,33,38). The van der Waals surface area contributed by atoms with Gasteiger partial charge in [0, 0.05) is 25.3 Å². The van der Waals surface area contributed by atoms with Crippen LogP contribution in [-0.4, -0.2) is 80.1 Å². The fourth-order valence-corrected chi connectivity index (χ4v) is 4.97. The topological polar surface area (TPSA) is 87.5 Å². The largest absolute Gasteiger partial charge is 0.493 e. The zero-order chi connectivity index (χ0) is 29.2. The van der Waals surface area contributed by atoms with E-state index >= 15 is 0 Å². The first-order chi connectivity index (χ1) is 19.8. The number of likely N-dealkylation sites (tertiary alicyclic amines) is 1. The normalized spacial score (nSPS) is 13.2. The Morgan fingerprint density at radius 1 is 0.902 bits per heavy atom. The maximum absolute atomic E-state index is 13.8. The highest BCUT2D eigenvalue weighted by Gasteiger charge is 2.24. The predicted molar refractivity (Wildman–Crippen MR) is 160 cm³/mol. The van der Waals surface area contributed by atoms with Crippen LogP contribution >= 0.6 is 0 Å². The predicted octanol–water partition coefficient (Wildman–Crippen LogP) is 5.11. The van der Waals surface area contributed by atoms with Gasteiger partial charge in [0.05, 0.1) is 20.8 Å². The Labute approximate surface area is 243 Å². The first-order valence-electron chi connectivity index (χ1n) is 14.2. The number of methoxy groups -OCH3 is 2. The minimum Gasteiger partial charge on any atom is -0.493 e. The van der Waals surface area contributed by atoms with E-state index in [1.165, 1.54) is 12.8 Å². The summed E-state index contributed by atoms with van der Waals surface area (Å²) in [6.45, 7) is 7.88. The summed E-state index contributed by atoms with van der Waals surface area (Å²) in [4.78, 5) is 33.0. The van der Waals surface area contributed by atoms with E-state index in [2.05, 4.69) is 10.2 Å². The van der Waals surface area contributed by atoms with Gasteiger partial charge >= 0.3 is 6.03 Å². The molecule has 9 nitrogen and oxygen atoms in total. The van der Waals surface area contributed by atoms with E-state index in [0.717, 1.165) is 36.5 Å².